The van der Waals surface area contributed by atoms with Gasteiger partial charge in [-0.2, -0.15) is 0 Å². The smallest absolute Gasteiger partial charge is 0.247 e. The van der Waals surface area contributed by atoms with Crippen LogP contribution in [0, 0.1) is 17.5 Å². The van der Waals surface area contributed by atoms with Gasteiger partial charge in [0, 0.05) is 44.7 Å². The van der Waals surface area contributed by atoms with Gasteiger partial charge in [-0.3, -0.25) is 9.63 Å². The van der Waals surface area contributed by atoms with E-state index in [0.717, 1.165) is 50.5 Å². The second kappa shape index (κ2) is 12.7. The Bertz CT molecular complexity index is 1470. The maximum atomic E-state index is 14.6. The van der Waals surface area contributed by atoms with Gasteiger partial charge in [0.05, 0.1) is 42.4 Å². The fourth-order valence-electron chi connectivity index (χ4n) is 5.17. The van der Waals surface area contributed by atoms with Crippen LogP contribution in [0.1, 0.15) is 24.9 Å². The Hall–Kier alpha value is -4.36. The number of hydrogen-bond acceptors (Lipinski definition) is 9. The molecular weight excluding hydrogens is 551 g/mol. The SMILES string of the molecule is C=CC(=O)Nc1cc(Nc2cc(N3OCCC3c3c(F)ccc(F)c3F)ncn2)c(OC)cc1N1CCN(CC)CC1. The molecule has 2 aromatic carbocycles. The van der Waals surface area contributed by atoms with E-state index >= 15 is 0 Å². The summed E-state index contributed by atoms with van der Waals surface area (Å²) in [5.74, 6) is -2.63. The highest BCUT2D eigenvalue weighted by molar-refractivity contribution is 6.02. The number of likely N-dealkylation sites (N-methyl/N-ethyl adjacent to an activating group) is 1. The normalized spacial score (nSPS) is 17.3. The van der Waals surface area contributed by atoms with Crippen LogP contribution >= 0.6 is 0 Å². The summed E-state index contributed by atoms with van der Waals surface area (Å²) in [4.78, 5) is 31.0. The number of nitrogens with zero attached hydrogens (tertiary/aromatic N) is 5. The number of carbonyl (C=O) groups excluding carboxylic acids is 1. The number of benzene rings is 2. The summed E-state index contributed by atoms with van der Waals surface area (Å²) in [6.07, 6.45) is 2.69. The number of ether oxygens (including phenoxy) is 1. The van der Waals surface area contributed by atoms with Gasteiger partial charge in [-0.1, -0.05) is 13.5 Å². The fourth-order valence-corrected chi connectivity index (χ4v) is 5.17. The number of nitrogens with one attached hydrogen (secondary N) is 2. The quantitative estimate of drug-likeness (QED) is 0.272. The Morgan fingerprint density at radius 2 is 1.88 bits per heavy atom. The zero-order valence-corrected chi connectivity index (χ0v) is 23.4. The first-order valence-electron chi connectivity index (χ1n) is 13.6. The minimum Gasteiger partial charge on any atom is -0.494 e. The van der Waals surface area contributed by atoms with Crippen molar-refractivity contribution in [1.29, 1.82) is 0 Å². The van der Waals surface area contributed by atoms with Crippen molar-refractivity contribution >= 4 is 34.6 Å². The molecule has 2 N–H and O–H groups in total. The molecule has 1 amide bonds. The zero-order valence-electron chi connectivity index (χ0n) is 23.4. The molecule has 0 saturated carbocycles. The van der Waals surface area contributed by atoms with Crippen LogP contribution in [0.5, 0.6) is 5.75 Å². The van der Waals surface area contributed by atoms with Gasteiger partial charge in [-0.25, -0.2) is 28.2 Å². The van der Waals surface area contributed by atoms with Crippen molar-refractivity contribution < 1.29 is 27.5 Å². The summed E-state index contributed by atoms with van der Waals surface area (Å²) in [5, 5.41) is 7.32. The largest absolute Gasteiger partial charge is 0.494 e. The molecule has 0 aliphatic carbocycles. The fraction of sp³-hybridized carbons (Fsp3) is 0.345. The Labute approximate surface area is 241 Å². The third-order valence-electron chi connectivity index (χ3n) is 7.38. The third kappa shape index (κ3) is 5.97. The number of methoxy groups -OCH3 is 1. The molecule has 1 aromatic heterocycles. The van der Waals surface area contributed by atoms with Crippen LogP contribution in [0.4, 0.5) is 41.9 Å². The number of halogens is 3. The van der Waals surface area contributed by atoms with Crippen molar-refractivity contribution in [2.45, 2.75) is 19.4 Å². The van der Waals surface area contributed by atoms with E-state index in [4.69, 9.17) is 9.57 Å². The lowest BCUT2D eigenvalue weighted by Crippen LogP contribution is -2.46. The van der Waals surface area contributed by atoms with Gasteiger partial charge in [0.25, 0.3) is 0 Å². The lowest BCUT2D eigenvalue weighted by Gasteiger charge is -2.36. The molecule has 2 aliphatic rings. The second-order valence-electron chi connectivity index (χ2n) is 9.79. The topological polar surface area (TPSA) is 95.1 Å². The third-order valence-corrected chi connectivity index (χ3v) is 7.38. The lowest BCUT2D eigenvalue weighted by molar-refractivity contribution is -0.111. The molecule has 0 radical (unpaired) electrons. The lowest BCUT2D eigenvalue weighted by atomic mass is 10.0. The molecule has 1 unspecified atom stereocenters. The molecule has 5 rings (SSSR count). The monoisotopic (exact) mass is 583 g/mol. The number of hydrogen-bond donors (Lipinski definition) is 2. The van der Waals surface area contributed by atoms with Gasteiger partial charge < -0.3 is 25.2 Å². The summed E-state index contributed by atoms with van der Waals surface area (Å²) in [6, 6.07) is 5.82. The van der Waals surface area contributed by atoms with Crippen molar-refractivity contribution in [3.05, 3.63) is 72.3 Å². The number of aromatic nitrogens is 2. The summed E-state index contributed by atoms with van der Waals surface area (Å²) in [6.45, 7) is 10.1. The average Bonchev–Trinajstić information content (AvgIpc) is 3.49. The molecule has 2 saturated heterocycles. The predicted octanol–water partition coefficient (Wildman–Crippen LogP) is 4.80. The first-order valence-corrected chi connectivity index (χ1v) is 13.6. The summed E-state index contributed by atoms with van der Waals surface area (Å²) in [7, 11) is 1.54. The molecule has 42 heavy (non-hydrogen) atoms. The number of piperazine rings is 1. The minimum absolute atomic E-state index is 0.154. The van der Waals surface area contributed by atoms with E-state index in [9.17, 15) is 18.0 Å². The molecule has 3 aromatic rings. The van der Waals surface area contributed by atoms with Gasteiger partial charge in [-0.05, 0) is 30.8 Å². The van der Waals surface area contributed by atoms with Crippen molar-refractivity contribution in [2.24, 2.45) is 0 Å². The number of amides is 1. The van der Waals surface area contributed by atoms with Crippen molar-refractivity contribution in [3.63, 3.8) is 0 Å². The summed E-state index contributed by atoms with van der Waals surface area (Å²) < 4.78 is 48.8. The van der Waals surface area contributed by atoms with Crippen LogP contribution in [-0.4, -0.2) is 67.2 Å². The van der Waals surface area contributed by atoms with Gasteiger partial charge in [0.15, 0.2) is 17.5 Å². The van der Waals surface area contributed by atoms with E-state index in [1.807, 2.05) is 6.07 Å². The zero-order chi connectivity index (χ0) is 29.8. The van der Waals surface area contributed by atoms with E-state index in [-0.39, 0.29) is 24.8 Å². The number of anilines is 5. The molecule has 3 heterocycles. The maximum absolute atomic E-state index is 14.6. The Balaban J connectivity index is 1.45. The van der Waals surface area contributed by atoms with E-state index in [0.29, 0.717) is 22.9 Å². The molecule has 10 nitrogen and oxygen atoms in total. The number of carbonyl (C=O) groups is 1. The Morgan fingerprint density at radius 3 is 2.60 bits per heavy atom. The van der Waals surface area contributed by atoms with Crippen molar-refractivity contribution in [1.82, 2.24) is 14.9 Å². The molecule has 1 atom stereocenters. The molecule has 2 fully saturated rings. The minimum atomic E-state index is -1.27. The number of hydroxylamine groups is 1. The predicted molar refractivity (Wildman–Crippen MR) is 154 cm³/mol. The second-order valence-corrected chi connectivity index (χ2v) is 9.79. The molecule has 2 aliphatic heterocycles. The van der Waals surface area contributed by atoms with Gasteiger partial charge >= 0.3 is 0 Å². The van der Waals surface area contributed by atoms with E-state index < -0.39 is 29.1 Å². The number of rotatable bonds is 9. The molecular formula is C29H32F3N7O3. The van der Waals surface area contributed by atoms with Gasteiger partial charge in [-0.15, -0.1) is 0 Å². The van der Waals surface area contributed by atoms with Crippen LogP contribution in [0.2, 0.25) is 0 Å². The first kappa shape index (κ1) is 29.1. The van der Waals surface area contributed by atoms with E-state index in [1.165, 1.54) is 30.6 Å². The Kier molecular flexibility index (Phi) is 8.78. The first-order chi connectivity index (χ1) is 20.3. The molecule has 222 valence electrons. The summed E-state index contributed by atoms with van der Waals surface area (Å²) in [5.41, 5.74) is 1.43. The van der Waals surface area contributed by atoms with Crippen LogP contribution in [0.25, 0.3) is 0 Å². The van der Waals surface area contributed by atoms with Crippen LogP contribution in [-0.2, 0) is 9.63 Å². The highest BCUT2D eigenvalue weighted by Crippen LogP contribution is 2.40. The molecule has 0 bridgehead atoms. The van der Waals surface area contributed by atoms with E-state index in [1.54, 1.807) is 6.07 Å². The van der Waals surface area contributed by atoms with Gasteiger partial charge in [0.2, 0.25) is 5.91 Å². The standard InChI is InChI=1S/C29H32F3N7O3/c1-4-27(40)36-20-14-21(24(41-3)15-23(20)38-11-9-37(5-2)10-12-38)35-25-16-26(34-17-33-25)39-22(8-13-42-39)28-18(30)6-7-19(31)29(28)32/h4,6-7,14-17,22H,1,5,8-13H2,2-3H3,(H,36,40)(H,33,34,35). The molecule has 13 heteroatoms. The van der Waals surface area contributed by atoms with Crippen molar-refractivity contribution in [2.75, 3.05) is 67.0 Å². The Morgan fingerprint density at radius 1 is 1.12 bits per heavy atom. The maximum Gasteiger partial charge on any atom is 0.247 e. The highest BCUT2D eigenvalue weighted by Gasteiger charge is 2.34. The van der Waals surface area contributed by atoms with Crippen LogP contribution in [0.3, 0.4) is 0 Å². The summed E-state index contributed by atoms with van der Waals surface area (Å²) >= 11 is 0. The van der Waals surface area contributed by atoms with Crippen LogP contribution < -0.4 is 25.3 Å². The average molecular weight is 584 g/mol. The highest BCUT2D eigenvalue weighted by atomic mass is 19.2. The molecule has 0 spiro atoms. The van der Waals surface area contributed by atoms with E-state index in [2.05, 4.69) is 43.9 Å². The van der Waals surface area contributed by atoms with Crippen molar-refractivity contribution in [3.8, 4) is 5.75 Å². The van der Waals surface area contributed by atoms with Crippen LogP contribution in [0.15, 0.2) is 49.3 Å². The van der Waals surface area contributed by atoms with Gasteiger partial charge in [0.1, 0.15) is 23.7 Å².